The second kappa shape index (κ2) is 6.79. The molecule has 0 aliphatic carbocycles. The van der Waals surface area contributed by atoms with Crippen LogP contribution in [0.15, 0.2) is 59.5 Å². The fraction of sp³-hybridized carbons (Fsp3) is 0.200. The van der Waals surface area contributed by atoms with Crippen LogP contribution < -0.4 is 4.72 Å². The maximum absolute atomic E-state index is 12.4. The van der Waals surface area contributed by atoms with E-state index in [-0.39, 0.29) is 4.90 Å². The van der Waals surface area contributed by atoms with E-state index in [2.05, 4.69) is 4.72 Å². The summed E-state index contributed by atoms with van der Waals surface area (Å²) in [6, 6.07) is 14.9. The van der Waals surface area contributed by atoms with E-state index in [1.54, 1.807) is 48.5 Å². The highest BCUT2D eigenvalue weighted by Gasteiger charge is 2.26. The maximum Gasteiger partial charge on any atom is 0.241 e. The Hall–Kier alpha value is -1.07. The summed E-state index contributed by atoms with van der Waals surface area (Å²) in [5, 5.41) is 0. The Morgan fingerprint density at radius 2 is 1.52 bits per heavy atom. The monoisotopic (exact) mass is 343 g/mol. The van der Waals surface area contributed by atoms with Crippen LogP contribution in [0.4, 0.5) is 0 Å². The van der Waals surface area contributed by atoms with Gasteiger partial charge >= 0.3 is 0 Å². The molecule has 112 valence electrons. The zero-order chi connectivity index (χ0) is 15.5. The molecular weight excluding hydrogens is 329 g/mol. The lowest BCUT2D eigenvalue weighted by Gasteiger charge is -2.20. The van der Waals surface area contributed by atoms with E-state index in [1.807, 2.05) is 13.0 Å². The number of alkyl halides is 2. The van der Waals surface area contributed by atoms with Crippen LogP contribution in [0.2, 0.25) is 0 Å². The van der Waals surface area contributed by atoms with Crippen molar-refractivity contribution in [2.24, 2.45) is 0 Å². The Morgan fingerprint density at radius 3 is 2.05 bits per heavy atom. The summed E-state index contributed by atoms with van der Waals surface area (Å²) < 4.78 is 27.4. The molecule has 0 saturated carbocycles. The standard InChI is InChI=1S/C15H15Cl2NO2S/c1-11-7-9-13(10-8-11)21(19,20)18-14(15(16)17)12-5-3-2-4-6-12/h2-10,14-15,18H,1H3. The molecule has 2 aromatic carbocycles. The number of benzene rings is 2. The molecule has 2 rings (SSSR count). The third kappa shape index (κ3) is 4.20. The first-order valence-corrected chi connectivity index (χ1v) is 8.68. The highest BCUT2D eigenvalue weighted by Crippen LogP contribution is 2.26. The highest BCUT2D eigenvalue weighted by atomic mass is 35.5. The van der Waals surface area contributed by atoms with E-state index in [9.17, 15) is 8.42 Å². The van der Waals surface area contributed by atoms with Crippen LogP contribution in [0.5, 0.6) is 0 Å². The molecule has 3 nitrogen and oxygen atoms in total. The average molecular weight is 344 g/mol. The number of nitrogens with one attached hydrogen (secondary N) is 1. The Morgan fingerprint density at radius 1 is 0.952 bits per heavy atom. The fourth-order valence-corrected chi connectivity index (χ4v) is 3.68. The van der Waals surface area contributed by atoms with Gasteiger partial charge in [-0.2, -0.15) is 0 Å². The van der Waals surface area contributed by atoms with Crippen molar-refractivity contribution < 1.29 is 8.42 Å². The van der Waals surface area contributed by atoms with Crippen molar-refractivity contribution in [2.45, 2.75) is 22.7 Å². The first-order chi connectivity index (χ1) is 9.90. The van der Waals surface area contributed by atoms with Gasteiger partial charge in [-0.15, -0.1) is 23.2 Å². The van der Waals surface area contributed by atoms with Crippen LogP contribution in [0, 0.1) is 6.92 Å². The van der Waals surface area contributed by atoms with Crippen LogP contribution in [0.1, 0.15) is 17.2 Å². The molecule has 0 aromatic heterocycles. The number of sulfonamides is 1. The minimum Gasteiger partial charge on any atom is -0.207 e. The topological polar surface area (TPSA) is 46.2 Å². The zero-order valence-electron chi connectivity index (χ0n) is 11.3. The predicted molar refractivity (Wildman–Crippen MR) is 86.2 cm³/mol. The van der Waals surface area contributed by atoms with Gasteiger partial charge in [-0.3, -0.25) is 0 Å². The van der Waals surface area contributed by atoms with Gasteiger partial charge in [0.15, 0.2) is 0 Å². The van der Waals surface area contributed by atoms with Crippen molar-refractivity contribution in [2.75, 3.05) is 0 Å². The fourth-order valence-electron chi connectivity index (χ4n) is 1.88. The van der Waals surface area contributed by atoms with Gasteiger partial charge in [0.25, 0.3) is 0 Å². The summed E-state index contributed by atoms with van der Waals surface area (Å²) >= 11 is 11.9. The normalized spacial score (nSPS) is 13.3. The van der Waals surface area contributed by atoms with Crippen molar-refractivity contribution in [3.8, 4) is 0 Å². The van der Waals surface area contributed by atoms with Gasteiger partial charge < -0.3 is 0 Å². The van der Waals surface area contributed by atoms with Gasteiger partial charge in [0.1, 0.15) is 4.84 Å². The molecule has 0 heterocycles. The SMILES string of the molecule is Cc1ccc(S(=O)(=O)NC(c2ccccc2)C(Cl)Cl)cc1. The third-order valence-electron chi connectivity index (χ3n) is 3.02. The Balaban J connectivity index is 2.30. The number of rotatable bonds is 5. The molecule has 1 atom stereocenters. The van der Waals surface area contributed by atoms with E-state index in [0.717, 1.165) is 5.56 Å². The summed E-state index contributed by atoms with van der Waals surface area (Å²) in [5.74, 6) is 0. The highest BCUT2D eigenvalue weighted by molar-refractivity contribution is 7.89. The maximum atomic E-state index is 12.4. The first kappa shape index (κ1) is 16.3. The van der Waals surface area contributed by atoms with Crippen molar-refractivity contribution in [3.05, 3.63) is 65.7 Å². The Labute approximate surface area is 135 Å². The molecule has 0 spiro atoms. The molecular formula is C15H15Cl2NO2S. The second-order valence-corrected chi connectivity index (χ2v) is 7.53. The van der Waals surface area contributed by atoms with Gasteiger partial charge in [0.05, 0.1) is 10.9 Å². The van der Waals surface area contributed by atoms with Gasteiger partial charge in [-0.25, -0.2) is 13.1 Å². The minimum absolute atomic E-state index is 0.183. The first-order valence-electron chi connectivity index (χ1n) is 6.32. The van der Waals surface area contributed by atoms with Gasteiger partial charge in [-0.05, 0) is 24.6 Å². The van der Waals surface area contributed by atoms with Crippen molar-refractivity contribution in [1.82, 2.24) is 4.72 Å². The summed E-state index contributed by atoms with van der Waals surface area (Å²) in [6.45, 7) is 1.89. The Kier molecular flexibility index (Phi) is 5.27. The number of aryl methyl sites for hydroxylation is 1. The van der Waals surface area contributed by atoms with Gasteiger partial charge in [0.2, 0.25) is 10.0 Å². The molecule has 0 fully saturated rings. The van der Waals surface area contributed by atoms with Crippen molar-refractivity contribution >= 4 is 33.2 Å². The summed E-state index contributed by atoms with van der Waals surface area (Å²) in [6.07, 6.45) is 0. The summed E-state index contributed by atoms with van der Waals surface area (Å²) in [4.78, 5) is -0.712. The molecule has 0 aliphatic rings. The van der Waals surface area contributed by atoms with E-state index < -0.39 is 20.9 Å². The summed E-state index contributed by atoms with van der Waals surface area (Å²) in [5.41, 5.74) is 1.70. The molecule has 1 N–H and O–H groups in total. The van der Waals surface area contributed by atoms with Crippen LogP contribution in [-0.2, 0) is 10.0 Å². The summed E-state index contributed by atoms with van der Waals surface area (Å²) in [7, 11) is -3.69. The Bertz CT molecular complexity index is 685. The van der Waals surface area contributed by atoms with Gasteiger partial charge in [-0.1, -0.05) is 48.0 Å². The molecule has 2 aromatic rings. The number of halogens is 2. The van der Waals surface area contributed by atoms with E-state index in [1.165, 1.54) is 0 Å². The average Bonchev–Trinajstić information content (AvgIpc) is 2.46. The molecule has 1 unspecified atom stereocenters. The number of hydrogen-bond acceptors (Lipinski definition) is 2. The quantitative estimate of drug-likeness (QED) is 0.838. The van der Waals surface area contributed by atoms with Crippen LogP contribution in [-0.4, -0.2) is 13.3 Å². The molecule has 0 aliphatic heterocycles. The molecule has 0 amide bonds. The lowest BCUT2D eigenvalue weighted by molar-refractivity contribution is 0.564. The largest absolute Gasteiger partial charge is 0.241 e. The van der Waals surface area contributed by atoms with Crippen molar-refractivity contribution in [1.29, 1.82) is 0 Å². The molecule has 6 heteroatoms. The van der Waals surface area contributed by atoms with E-state index in [4.69, 9.17) is 23.2 Å². The molecule has 0 radical (unpaired) electrons. The number of hydrogen-bond donors (Lipinski definition) is 1. The smallest absolute Gasteiger partial charge is 0.207 e. The van der Waals surface area contributed by atoms with Crippen molar-refractivity contribution in [3.63, 3.8) is 0 Å². The van der Waals surface area contributed by atoms with E-state index >= 15 is 0 Å². The lowest BCUT2D eigenvalue weighted by atomic mass is 10.1. The second-order valence-electron chi connectivity index (χ2n) is 4.66. The van der Waals surface area contributed by atoms with Crippen LogP contribution in [0.3, 0.4) is 0 Å². The molecule has 0 bridgehead atoms. The van der Waals surface area contributed by atoms with Gasteiger partial charge in [0, 0.05) is 0 Å². The van der Waals surface area contributed by atoms with Crippen LogP contribution >= 0.6 is 23.2 Å². The lowest BCUT2D eigenvalue weighted by Crippen LogP contribution is -2.32. The van der Waals surface area contributed by atoms with E-state index in [0.29, 0.717) is 5.56 Å². The third-order valence-corrected chi connectivity index (χ3v) is 4.99. The zero-order valence-corrected chi connectivity index (χ0v) is 13.7. The predicted octanol–water partition coefficient (Wildman–Crippen LogP) is 3.82. The molecule has 21 heavy (non-hydrogen) atoms. The minimum atomic E-state index is -3.69. The molecule has 0 saturated heterocycles. The van der Waals surface area contributed by atoms with Crippen LogP contribution in [0.25, 0.3) is 0 Å².